The lowest BCUT2D eigenvalue weighted by molar-refractivity contribution is -0.135. The van der Waals surface area contributed by atoms with E-state index in [0.717, 1.165) is 30.9 Å². The molecule has 0 saturated carbocycles. The number of nitrogens with zero attached hydrogens (tertiary/aromatic N) is 3. The van der Waals surface area contributed by atoms with Gasteiger partial charge >= 0.3 is 0 Å². The highest BCUT2D eigenvalue weighted by molar-refractivity contribution is 5.77. The van der Waals surface area contributed by atoms with E-state index in [1.807, 2.05) is 13.0 Å². The summed E-state index contributed by atoms with van der Waals surface area (Å²) in [6, 6.07) is 1.86. The van der Waals surface area contributed by atoms with Gasteiger partial charge in [-0.05, 0) is 25.8 Å². The van der Waals surface area contributed by atoms with Crippen LogP contribution in [-0.4, -0.2) is 45.6 Å². The average Bonchev–Trinajstić information content (AvgIpc) is 2.38. The Morgan fingerprint density at radius 2 is 2.47 bits per heavy atom. The number of aliphatic hydroxyl groups is 1. The molecule has 1 aliphatic heterocycles. The first-order valence-electron chi connectivity index (χ1n) is 5.89. The molecule has 17 heavy (non-hydrogen) atoms. The molecule has 5 nitrogen and oxygen atoms in total. The van der Waals surface area contributed by atoms with Crippen molar-refractivity contribution in [3.05, 3.63) is 23.8 Å². The number of piperidine rings is 1. The molecule has 1 saturated heterocycles. The zero-order valence-electron chi connectivity index (χ0n) is 9.96. The Balaban J connectivity index is 2.09. The minimum atomic E-state index is -0.415. The second-order valence-corrected chi connectivity index (χ2v) is 4.39. The maximum absolute atomic E-state index is 11.4. The molecule has 0 aliphatic carbocycles. The summed E-state index contributed by atoms with van der Waals surface area (Å²) in [7, 11) is 0. The van der Waals surface area contributed by atoms with Crippen LogP contribution < -0.4 is 0 Å². The van der Waals surface area contributed by atoms with E-state index in [1.165, 1.54) is 0 Å². The van der Waals surface area contributed by atoms with Crippen molar-refractivity contribution in [1.82, 2.24) is 14.9 Å². The lowest BCUT2D eigenvalue weighted by Crippen LogP contribution is -2.40. The minimum absolute atomic E-state index is 0.194. The predicted molar refractivity (Wildman–Crippen MR) is 62.4 cm³/mol. The summed E-state index contributed by atoms with van der Waals surface area (Å²) in [6.07, 6.45) is 3.69. The molecule has 92 valence electrons. The average molecular weight is 235 g/mol. The quantitative estimate of drug-likeness (QED) is 0.810. The summed E-state index contributed by atoms with van der Waals surface area (Å²) in [6.45, 7) is 2.86. The number of aryl methyl sites for hydroxylation is 1. The summed E-state index contributed by atoms with van der Waals surface area (Å²) >= 11 is 0. The lowest BCUT2D eigenvalue weighted by atomic mass is 9.97. The van der Waals surface area contributed by atoms with Gasteiger partial charge in [-0.2, -0.15) is 0 Å². The maximum Gasteiger partial charge on any atom is 0.248 e. The van der Waals surface area contributed by atoms with Crippen LogP contribution in [0, 0.1) is 6.92 Å². The molecular formula is C12H17N3O2. The Labute approximate surface area is 100 Å². The molecule has 5 heteroatoms. The van der Waals surface area contributed by atoms with Gasteiger partial charge in [0.15, 0.2) is 0 Å². The van der Waals surface area contributed by atoms with Gasteiger partial charge in [0.1, 0.15) is 12.4 Å². The fourth-order valence-corrected chi connectivity index (χ4v) is 2.18. The summed E-state index contributed by atoms with van der Waals surface area (Å²) < 4.78 is 0. The first kappa shape index (κ1) is 12.0. The van der Waals surface area contributed by atoms with Crippen LogP contribution in [0.1, 0.15) is 30.3 Å². The Hall–Kier alpha value is -1.49. The van der Waals surface area contributed by atoms with Crippen LogP contribution in [0.15, 0.2) is 12.3 Å². The Morgan fingerprint density at radius 1 is 1.65 bits per heavy atom. The molecule has 0 aromatic carbocycles. The second-order valence-electron chi connectivity index (χ2n) is 4.39. The van der Waals surface area contributed by atoms with Gasteiger partial charge in [-0.3, -0.25) is 4.79 Å². The summed E-state index contributed by atoms with van der Waals surface area (Å²) in [5.41, 5.74) is 0.945. The molecule has 0 spiro atoms. The second kappa shape index (κ2) is 5.23. The van der Waals surface area contributed by atoms with E-state index in [4.69, 9.17) is 5.11 Å². The van der Waals surface area contributed by atoms with Gasteiger partial charge in [-0.15, -0.1) is 0 Å². The van der Waals surface area contributed by atoms with Crippen molar-refractivity contribution >= 4 is 5.91 Å². The smallest absolute Gasteiger partial charge is 0.248 e. The Morgan fingerprint density at radius 3 is 3.18 bits per heavy atom. The highest BCUT2D eigenvalue weighted by Crippen LogP contribution is 2.24. The van der Waals surface area contributed by atoms with E-state index >= 15 is 0 Å². The molecule has 1 fully saturated rings. The van der Waals surface area contributed by atoms with Crippen LogP contribution in [0.3, 0.4) is 0 Å². The van der Waals surface area contributed by atoms with E-state index in [-0.39, 0.29) is 11.8 Å². The first-order chi connectivity index (χ1) is 8.20. The third-order valence-corrected chi connectivity index (χ3v) is 3.09. The van der Waals surface area contributed by atoms with E-state index in [0.29, 0.717) is 6.54 Å². The Kier molecular flexibility index (Phi) is 3.68. The van der Waals surface area contributed by atoms with Crippen molar-refractivity contribution in [3.63, 3.8) is 0 Å². The van der Waals surface area contributed by atoms with Crippen LogP contribution in [0.2, 0.25) is 0 Å². The number of hydrogen-bond donors (Lipinski definition) is 1. The molecule has 1 N–H and O–H groups in total. The zero-order chi connectivity index (χ0) is 12.3. The van der Waals surface area contributed by atoms with Gasteiger partial charge in [0.05, 0.1) is 0 Å². The first-order valence-corrected chi connectivity index (χ1v) is 5.89. The summed E-state index contributed by atoms with van der Waals surface area (Å²) in [4.78, 5) is 21.8. The highest BCUT2D eigenvalue weighted by atomic mass is 16.3. The molecule has 2 heterocycles. The molecular weight excluding hydrogens is 218 g/mol. The third-order valence-electron chi connectivity index (χ3n) is 3.09. The van der Waals surface area contributed by atoms with Crippen molar-refractivity contribution in [3.8, 4) is 0 Å². The van der Waals surface area contributed by atoms with Crippen LogP contribution in [0.4, 0.5) is 0 Å². The molecule has 1 atom stereocenters. The molecule has 1 aliphatic rings. The molecule has 1 unspecified atom stereocenters. The van der Waals surface area contributed by atoms with Gasteiger partial charge in [0, 0.05) is 30.9 Å². The largest absolute Gasteiger partial charge is 0.387 e. The fourth-order valence-electron chi connectivity index (χ4n) is 2.18. The molecule has 2 rings (SSSR count). The van der Waals surface area contributed by atoms with Gasteiger partial charge in [0.25, 0.3) is 0 Å². The third kappa shape index (κ3) is 2.79. The molecule has 0 radical (unpaired) electrons. The van der Waals surface area contributed by atoms with E-state index in [2.05, 4.69) is 9.97 Å². The number of aliphatic hydroxyl groups excluding tert-OH is 1. The number of aromatic nitrogens is 2. The number of rotatable bonds is 2. The fraction of sp³-hybridized carbons (Fsp3) is 0.583. The van der Waals surface area contributed by atoms with Crippen molar-refractivity contribution in [2.45, 2.75) is 25.7 Å². The van der Waals surface area contributed by atoms with Crippen LogP contribution in [0.25, 0.3) is 0 Å². The van der Waals surface area contributed by atoms with Gasteiger partial charge in [0.2, 0.25) is 5.91 Å². The number of amides is 1. The van der Waals surface area contributed by atoms with Crippen LogP contribution in [-0.2, 0) is 4.79 Å². The predicted octanol–water partition coefficient (Wildman–Crippen LogP) is 0.483. The maximum atomic E-state index is 11.4. The SMILES string of the molecule is Cc1ccnc(C2CCCN(C(=O)CO)C2)n1. The monoisotopic (exact) mass is 235 g/mol. The van der Waals surface area contributed by atoms with E-state index in [1.54, 1.807) is 11.1 Å². The van der Waals surface area contributed by atoms with Crippen molar-refractivity contribution in [2.75, 3.05) is 19.7 Å². The minimum Gasteiger partial charge on any atom is -0.387 e. The number of hydrogen-bond acceptors (Lipinski definition) is 4. The van der Waals surface area contributed by atoms with Crippen LogP contribution >= 0.6 is 0 Å². The highest BCUT2D eigenvalue weighted by Gasteiger charge is 2.25. The zero-order valence-corrected chi connectivity index (χ0v) is 9.96. The van der Waals surface area contributed by atoms with Gasteiger partial charge in [-0.25, -0.2) is 9.97 Å². The molecule has 1 aromatic heterocycles. The lowest BCUT2D eigenvalue weighted by Gasteiger charge is -2.31. The Bertz CT molecular complexity index is 408. The number of carbonyl (C=O) groups is 1. The van der Waals surface area contributed by atoms with Gasteiger partial charge < -0.3 is 10.0 Å². The van der Waals surface area contributed by atoms with Crippen molar-refractivity contribution in [2.24, 2.45) is 0 Å². The molecule has 1 aromatic rings. The van der Waals surface area contributed by atoms with E-state index < -0.39 is 6.61 Å². The number of likely N-dealkylation sites (tertiary alicyclic amines) is 1. The van der Waals surface area contributed by atoms with E-state index in [9.17, 15) is 4.79 Å². The topological polar surface area (TPSA) is 66.3 Å². The van der Waals surface area contributed by atoms with Crippen molar-refractivity contribution in [1.29, 1.82) is 0 Å². The summed E-state index contributed by atoms with van der Waals surface area (Å²) in [5, 5.41) is 8.87. The van der Waals surface area contributed by atoms with Crippen molar-refractivity contribution < 1.29 is 9.90 Å². The van der Waals surface area contributed by atoms with Gasteiger partial charge in [-0.1, -0.05) is 0 Å². The number of carbonyl (C=O) groups excluding carboxylic acids is 1. The standard InChI is InChI=1S/C12H17N3O2/c1-9-4-5-13-12(14-9)10-3-2-6-15(7-10)11(17)8-16/h4-5,10,16H,2-3,6-8H2,1H3. The molecule has 0 bridgehead atoms. The molecule has 1 amide bonds. The normalized spacial score (nSPS) is 20.4. The van der Waals surface area contributed by atoms with Crippen LogP contribution in [0.5, 0.6) is 0 Å². The summed E-state index contributed by atoms with van der Waals surface area (Å²) in [5.74, 6) is 0.793.